The van der Waals surface area contributed by atoms with Crippen LogP contribution in [-0.4, -0.2) is 45.5 Å². The summed E-state index contributed by atoms with van der Waals surface area (Å²) >= 11 is 0. The van der Waals surface area contributed by atoms with Gasteiger partial charge >= 0.3 is 0 Å². The van der Waals surface area contributed by atoms with Crippen molar-refractivity contribution in [1.29, 1.82) is 0 Å². The molecule has 0 aromatic carbocycles. The first-order chi connectivity index (χ1) is 10.6. The van der Waals surface area contributed by atoms with Gasteiger partial charge in [-0.25, -0.2) is 9.97 Å². The first-order valence-electron chi connectivity index (χ1n) is 7.27. The van der Waals surface area contributed by atoms with Crippen molar-refractivity contribution in [3.8, 4) is 0 Å². The van der Waals surface area contributed by atoms with Crippen LogP contribution in [0.25, 0.3) is 0 Å². The SMILES string of the molecule is Cc1cc([C@@H]2CN(C(=O)c3ccccn3)CCO2)nc(C)n1. The highest BCUT2D eigenvalue weighted by Crippen LogP contribution is 2.22. The third-order valence-corrected chi connectivity index (χ3v) is 3.55. The Morgan fingerprint density at radius 2 is 2.18 bits per heavy atom. The zero-order valence-corrected chi connectivity index (χ0v) is 12.7. The number of amides is 1. The fraction of sp³-hybridized carbons (Fsp3) is 0.375. The molecule has 114 valence electrons. The molecule has 1 saturated heterocycles. The van der Waals surface area contributed by atoms with Crippen molar-refractivity contribution in [2.75, 3.05) is 19.7 Å². The van der Waals surface area contributed by atoms with Crippen molar-refractivity contribution in [3.05, 3.63) is 53.4 Å². The summed E-state index contributed by atoms with van der Waals surface area (Å²) in [6.45, 7) is 5.32. The van der Waals surface area contributed by atoms with E-state index >= 15 is 0 Å². The second-order valence-corrected chi connectivity index (χ2v) is 5.31. The largest absolute Gasteiger partial charge is 0.368 e. The molecule has 0 aliphatic carbocycles. The Bertz CT molecular complexity index is 655. The molecule has 1 aliphatic heterocycles. The number of rotatable bonds is 2. The van der Waals surface area contributed by atoms with Crippen molar-refractivity contribution in [2.24, 2.45) is 0 Å². The minimum Gasteiger partial charge on any atom is -0.368 e. The van der Waals surface area contributed by atoms with Crippen LogP contribution in [-0.2, 0) is 4.74 Å². The highest BCUT2D eigenvalue weighted by molar-refractivity contribution is 5.92. The Morgan fingerprint density at radius 3 is 2.91 bits per heavy atom. The number of aryl methyl sites for hydroxylation is 2. The first kappa shape index (κ1) is 14.6. The molecule has 3 heterocycles. The maximum atomic E-state index is 12.5. The first-order valence-corrected chi connectivity index (χ1v) is 7.27. The van der Waals surface area contributed by atoms with Crippen LogP contribution in [0.15, 0.2) is 30.5 Å². The van der Waals surface area contributed by atoms with Crippen LogP contribution < -0.4 is 0 Å². The Balaban J connectivity index is 1.78. The van der Waals surface area contributed by atoms with Crippen LogP contribution in [0.5, 0.6) is 0 Å². The molecule has 1 atom stereocenters. The number of hydrogen-bond acceptors (Lipinski definition) is 5. The Labute approximate surface area is 129 Å². The maximum absolute atomic E-state index is 12.5. The standard InChI is InChI=1S/C16H18N4O2/c1-11-9-14(19-12(2)18-11)15-10-20(7-8-22-15)16(21)13-5-3-4-6-17-13/h3-6,9,15H,7-8,10H2,1-2H3/t15-/m0/s1. The van der Waals surface area contributed by atoms with Crippen molar-refractivity contribution in [2.45, 2.75) is 20.0 Å². The van der Waals surface area contributed by atoms with E-state index in [4.69, 9.17) is 4.74 Å². The number of morpholine rings is 1. The van der Waals surface area contributed by atoms with E-state index < -0.39 is 0 Å². The molecular weight excluding hydrogens is 280 g/mol. The Hall–Kier alpha value is -2.34. The van der Waals surface area contributed by atoms with Gasteiger partial charge in [-0.3, -0.25) is 9.78 Å². The van der Waals surface area contributed by atoms with E-state index in [0.29, 0.717) is 31.2 Å². The van der Waals surface area contributed by atoms with E-state index in [1.54, 1.807) is 23.2 Å². The summed E-state index contributed by atoms with van der Waals surface area (Å²) in [6.07, 6.45) is 1.41. The third-order valence-electron chi connectivity index (χ3n) is 3.55. The highest BCUT2D eigenvalue weighted by Gasteiger charge is 2.27. The number of hydrogen-bond donors (Lipinski definition) is 0. The number of carbonyl (C=O) groups excluding carboxylic acids is 1. The van der Waals surface area contributed by atoms with E-state index in [0.717, 1.165) is 11.4 Å². The zero-order valence-electron chi connectivity index (χ0n) is 12.7. The Kier molecular flexibility index (Phi) is 4.11. The van der Waals surface area contributed by atoms with Crippen molar-refractivity contribution < 1.29 is 9.53 Å². The van der Waals surface area contributed by atoms with Crippen LogP contribution in [0.1, 0.15) is 33.8 Å². The molecule has 2 aromatic rings. The van der Waals surface area contributed by atoms with Gasteiger partial charge in [-0.15, -0.1) is 0 Å². The number of pyridine rings is 1. The van der Waals surface area contributed by atoms with Crippen LogP contribution in [0.4, 0.5) is 0 Å². The molecule has 0 unspecified atom stereocenters. The van der Waals surface area contributed by atoms with Gasteiger partial charge in [0, 0.05) is 18.4 Å². The normalized spacial score (nSPS) is 18.3. The fourth-order valence-electron chi connectivity index (χ4n) is 2.57. The average molecular weight is 298 g/mol. The lowest BCUT2D eigenvalue weighted by atomic mass is 10.1. The van der Waals surface area contributed by atoms with Gasteiger partial charge < -0.3 is 9.64 Å². The second kappa shape index (κ2) is 6.19. The summed E-state index contributed by atoms with van der Waals surface area (Å²) in [6, 6.07) is 7.25. The third kappa shape index (κ3) is 3.12. The predicted octanol–water partition coefficient (Wildman–Crippen LogP) is 1.70. The molecule has 0 saturated carbocycles. The molecule has 1 aliphatic rings. The van der Waals surface area contributed by atoms with E-state index in [-0.39, 0.29) is 12.0 Å². The molecule has 1 amide bonds. The fourth-order valence-corrected chi connectivity index (χ4v) is 2.57. The summed E-state index contributed by atoms with van der Waals surface area (Å²) in [7, 11) is 0. The average Bonchev–Trinajstić information content (AvgIpc) is 2.54. The van der Waals surface area contributed by atoms with Gasteiger partial charge in [0.15, 0.2) is 0 Å². The maximum Gasteiger partial charge on any atom is 0.272 e. The monoisotopic (exact) mass is 298 g/mol. The second-order valence-electron chi connectivity index (χ2n) is 5.31. The van der Waals surface area contributed by atoms with E-state index in [2.05, 4.69) is 15.0 Å². The van der Waals surface area contributed by atoms with Gasteiger partial charge in [-0.2, -0.15) is 0 Å². The number of aromatic nitrogens is 3. The summed E-state index contributed by atoms with van der Waals surface area (Å²) in [5.74, 6) is 0.642. The molecule has 6 heteroatoms. The lowest BCUT2D eigenvalue weighted by Crippen LogP contribution is -2.42. The molecule has 0 bridgehead atoms. The van der Waals surface area contributed by atoms with Crippen LogP contribution in [0.2, 0.25) is 0 Å². The topological polar surface area (TPSA) is 68.2 Å². The van der Waals surface area contributed by atoms with Gasteiger partial charge in [0.05, 0.1) is 18.8 Å². The summed E-state index contributed by atoms with van der Waals surface area (Å²) in [4.78, 5) is 27.1. The molecule has 0 spiro atoms. The molecule has 0 N–H and O–H groups in total. The van der Waals surface area contributed by atoms with Gasteiger partial charge in [-0.1, -0.05) is 6.07 Å². The highest BCUT2D eigenvalue weighted by atomic mass is 16.5. The van der Waals surface area contributed by atoms with Gasteiger partial charge in [0.25, 0.3) is 5.91 Å². The lowest BCUT2D eigenvalue weighted by molar-refractivity contribution is -0.0250. The summed E-state index contributed by atoms with van der Waals surface area (Å²) in [5, 5.41) is 0. The molecule has 0 radical (unpaired) electrons. The van der Waals surface area contributed by atoms with E-state index in [1.165, 1.54) is 0 Å². The summed E-state index contributed by atoms with van der Waals surface area (Å²) < 4.78 is 5.79. The van der Waals surface area contributed by atoms with Gasteiger partial charge in [-0.05, 0) is 32.0 Å². The molecule has 2 aromatic heterocycles. The van der Waals surface area contributed by atoms with Crippen LogP contribution >= 0.6 is 0 Å². The molecule has 1 fully saturated rings. The smallest absolute Gasteiger partial charge is 0.272 e. The molecule has 6 nitrogen and oxygen atoms in total. The number of ether oxygens (including phenoxy) is 1. The molecule has 3 rings (SSSR count). The van der Waals surface area contributed by atoms with Crippen LogP contribution in [0, 0.1) is 13.8 Å². The lowest BCUT2D eigenvalue weighted by Gasteiger charge is -2.32. The summed E-state index contributed by atoms with van der Waals surface area (Å²) in [5.41, 5.74) is 2.18. The van der Waals surface area contributed by atoms with Crippen molar-refractivity contribution in [1.82, 2.24) is 19.9 Å². The number of carbonyl (C=O) groups is 1. The zero-order chi connectivity index (χ0) is 15.5. The van der Waals surface area contributed by atoms with Crippen molar-refractivity contribution in [3.63, 3.8) is 0 Å². The van der Waals surface area contributed by atoms with Crippen molar-refractivity contribution >= 4 is 5.91 Å². The van der Waals surface area contributed by atoms with Crippen LogP contribution in [0.3, 0.4) is 0 Å². The minimum atomic E-state index is -0.221. The van der Waals surface area contributed by atoms with E-state index in [9.17, 15) is 4.79 Å². The quantitative estimate of drug-likeness (QED) is 0.844. The van der Waals surface area contributed by atoms with Gasteiger partial charge in [0.2, 0.25) is 0 Å². The number of nitrogens with zero attached hydrogens (tertiary/aromatic N) is 4. The van der Waals surface area contributed by atoms with Gasteiger partial charge in [0.1, 0.15) is 17.6 Å². The van der Waals surface area contributed by atoms with E-state index in [1.807, 2.05) is 26.0 Å². The predicted molar refractivity (Wildman–Crippen MR) is 80.3 cm³/mol. The molecule has 22 heavy (non-hydrogen) atoms. The minimum absolute atomic E-state index is 0.0728. The molecular formula is C16H18N4O2. The Morgan fingerprint density at radius 1 is 1.32 bits per heavy atom.